The number of benzene rings is 3. The Kier molecular flexibility index (Phi) is 6.10. The summed E-state index contributed by atoms with van der Waals surface area (Å²) in [6.45, 7) is 2.40. The van der Waals surface area contributed by atoms with Gasteiger partial charge in [-0.3, -0.25) is 0 Å². The van der Waals surface area contributed by atoms with Crippen LogP contribution in [-0.4, -0.2) is 25.3 Å². The summed E-state index contributed by atoms with van der Waals surface area (Å²) >= 11 is 6.03. The molecule has 0 bridgehead atoms. The first-order valence-corrected chi connectivity index (χ1v) is 10.1. The summed E-state index contributed by atoms with van der Waals surface area (Å²) in [5.41, 5.74) is 1.38. The molecular weight excluding hydrogens is 404 g/mol. The molecule has 0 amide bonds. The monoisotopic (exact) mass is 424 g/mol. The van der Waals surface area contributed by atoms with E-state index < -0.39 is 12.1 Å². The van der Waals surface area contributed by atoms with Crippen LogP contribution in [-0.2, 0) is 9.53 Å². The Morgan fingerprint density at radius 2 is 1.67 bits per heavy atom. The number of fused-ring (bicyclic) bond motifs is 3. The standard InChI is InChI=1S/C24H21ClO5/c1-16(24(26)28-13-5-12-27-18-6-3-2-4-7-18)29-19-9-11-21-20-10-8-17(25)14-22(20)30-23(21)15-19/h2-4,6-11,14-16H,5,12-13H2,1H3. The molecule has 0 saturated heterocycles. The zero-order valence-electron chi connectivity index (χ0n) is 16.5. The van der Waals surface area contributed by atoms with Crippen LogP contribution in [0.5, 0.6) is 11.5 Å². The highest BCUT2D eigenvalue weighted by atomic mass is 35.5. The topological polar surface area (TPSA) is 57.9 Å². The minimum Gasteiger partial charge on any atom is -0.493 e. The van der Waals surface area contributed by atoms with Crippen molar-refractivity contribution in [3.63, 3.8) is 0 Å². The minimum absolute atomic E-state index is 0.267. The highest BCUT2D eigenvalue weighted by Gasteiger charge is 2.17. The van der Waals surface area contributed by atoms with E-state index >= 15 is 0 Å². The molecule has 4 rings (SSSR count). The summed E-state index contributed by atoms with van der Waals surface area (Å²) in [6, 6.07) is 20.5. The van der Waals surface area contributed by atoms with Crippen LogP contribution < -0.4 is 9.47 Å². The fourth-order valence-corrected chi connectivity index (χ4v) is 3.27. The molecule has 5 nitrogen and oxygen atoms in total. The lowest BCUT2D eigenvalue weighted by Crippen LogP contribution is -2.26. The first-order valence-electron chi connectivity index (χ1n) is 9.73. The Labute approximate surface area is 179 Å². The van der Waals surface area contributed by atoms with Gasteiger partial charge in [0.1, 0.15) is 22.7 Å². The van der Waals surface area contributed by atoms with Gasteiger partial charge in [-0.1, -0.05) is 29.8 Å². The maximum atomic E-state index is 12.2. The van der Waals surface area contributed by atoms with E-state index in [2.05, 4.69) is 0 Å². The van der Waals surface area contributed by atoms with E-state index in [-0.39, 0.29) is 6.61 Å². The maximum Gasteiger partial charge on any atom is 0.347 e. The first kappa shape index (κ1) is 20.1. The van der Waals surface area contributed by atoms with Gasteiger partial charge in [0.25, 0.3) is 0 Å². The van der Waals surface area contributed by atoms with Crippen LogP contribution in [0.3, 0.4) is 0 Å². The second-order valence-electron chi connectivity index (χ2n) is 6.84. The smallest absolute Gasteiger partial charge is 0.347 e. The Hall–Kier alpha value is -3.18. The highest BCUT2D eigenvalue weighted by molar-refractivity contribution is 6.31. The number of carbonyl (C=O) groups is 1. The van der Waals surface area contributed by atoms with Crippen LogP contribution in [0, 0.1) is 0 Å². The van der Waals surface area contributed by atoms with Crippen molar-refractivity contribution in [1.29, 1.82) is 0 Å². The second kappa shape index (κ2) is 9.09. The molecule has 0 radical (unpaired) electrons. The van der Waals surface area contributed by atoms with Gasteiger partial charge in [-0.2, -0.15) is 0 Å². The van der Waals surface area contributed by atoms with Crippen molar-refractivity contribution in [2.45, 2.75) is 19.4 Å². The fraction of sp³-hybridized carbons (Fsp3) is 0.208. The third kappa shape index (κ3) is 4.69. The summed E-state index contributed by atoms with van der Waals surface area (Å²) in [7, 11) is 0. The SMILES string of the molecule is CC(Oc1ccc2c(c1)oc1cc(Cl)ccc12)C(=O)OCCCOc1ccccc1. The minimum atomic E-state index is -0.740. The van der Waals surface area contributed by atoms with E-state index in [0.717, 1.165) is 16.5 Å². The van der Waals surface area contributed by atoms with Crippen LogP contribution in [0.15, 0.2) is 71.1 Å². The molecule has 0 aliphatic rings. The Morgan fingerprint density at radius 3 is 2.47 bits per heavy atom. The summed E-state index contributed by atoms with van der Waals surface area (Å²) < 4.78 is 22.4. The molecule has 3 aromatic carbocycles. The molecule has 1 atom stereocenters. The van der Waals surface area contributed by atoms with Crippen LogP contribution in [0.1, 0.15) is 13.3 Å². The molecule has 0 fully saturated rings. The number of esters is 1. The molecular formula is C24H21ClO5. The number of hydrogen-bond donors (Lipinski definition) is 0. The van der Waals surface area contributed by atoms with Gasteiger partial charge in [0, 0.05) is 34.3 Å². The van der Waals surface area contributed by atoms with Crippen molar-refractivity contribution in [1.82, 2.24) is 0 Å². The molecule has 1 aromatic heterocycles. The summed E-state index contributed by atoms with van der Waals surface area (Å²) in [5, 5.41) is 2.55. The largest absolute Gasteiger partial charge is 0.493 e. The first-order chi connectivity index (χ1) is 14.6. The molecule has 0 saturated carbocycles. The average Bonchev–Trinajstić information content (AvgIpc) is 3.10. The Bertz CT molecular complexity index is 1150. The number of rotatable bonds is 8. The predicted octanol–water partition coefficient (Wildman–Crippen LogP) is 6.02. The molecule has 1 unspecified atom stereocenters. The van der Waals surface area contributed by atoms with Gasteiger partial charge >= 0.3 is 5.97 Å². The van der Waals surface area contributed by atoms with Gasteiger partial charge in [-0.15, -0.1) is 0 Å². The number of ether oxygens (including phenoxy) is 3. The third-order valence-electron chi connectivity index (χ3n) is 4.60. The zero-order valence-corrected chi connectivity index (χ0v) is 17.2. The van der Waals surface area contributed by atoms with E-state index in [1.54, 1.807) is 19.1 Å². The van der Waals surface area contributed by atoms with Crippen molar-refractivity contribution in [2.75, 3.05) is 13.2 Å². The van der Waals surface area contributed by atoms with Gasteiger partial charge in [0.2, 0.25) is 0 Å². The lowest BCUT2D eigenvalue weighted by atomic mass is 10.1. The molecule has 6 heteroatoms. The highest BCUT2D eigenvalue weighted by Crippen LogP contribution is 2.32. The van der Waals surface area contributed by atoms with Crippen LogP contribution >= 0.6 is 11.6 Å². The van der Waals surface area contributed by atoms with Crippen LogP contribution in [0.25, 0.3) is 21.9 Å². The number of halogens is 1. The number of carbonyl (C=O) groups excluding carboxylic acids is 1. The maximum absolute atomic E-state index is 12.2. The van der Waals surface area contributed by atoms with E-state index in [9.17, 15) is 4.79 Å². The van der Waals surface area contributed by atoms with Crippen LogP contribution in [0.2, 0.25) is 5.02 Å². The summed E-state index contributed by atoms with van der Waals surface area (Å²) in [6.07, 6.45) is -0.141. The van der Waals surface area contributed by atoms with E-state index in [1.807, 2.05) is 54.6 Å². The van der Waals surface area contributed by atoms with Gasteiger partial charge in [-0.25, -0.2) is 4.79 Å². The summed E-state index contributed by atoms with van der Waals surface area (Å²) in [5.74, 6) is 0.902. The Morgan fingerprint density at radius 1 is 0.933 bits per heavy atom. The van der Waals surface area contributed by atoms with E-state index in [0.29, 0.717) is 35.0 Å². The molecule has 1 heterocycles. The molecule has 4 aromatic rings. The van der Waals surface area contributed by atoms with E-state index in [4.69, 9.17) is 30.2 Å². The molecule has 0 N–H and O–H groups in total. The third-order valence-corrected chi connectivity index (χ3v) is 4.83. The second-order valence-corrected chi connectivity index (χ2v) is 7.28. The molecule has 0 spiro atoms. The number of para-hydroxylation sites is 1. The lowest BCUT2D eigenvalue weighted by Gasteiger charge is -2.14. The predicted molar refractivity (Wildman–Crippen MR) is 116 cm³/mol. The van der Waals surface area contributed by atoms with Crippen molar-refractivity contribution in [3.05, 3.63) is 71.8 Å². The number of hydrogen-bond acceptors (Lipinski definition) is 5. The zero-order chi connectivity index (χ0) is 20.9. The lowest BCUT2D eigenvalue weighted by molar-refractivity contribution is -0.151. The van der Waals surface area contributed by atoms with Gasteiger partial charge in [-0.05, 0) is 43.3 Å². The molecule has 0 aliphatic heterocycles. The van der Waals surface area contributed by atoms with E-state index in [1.165, 1.54) is 0 Å². The quantitative estimate of drug-likeness (QED) is 0.256. The van der Waals surface area contributed by atoms with Gasteiger partial charge in [0.05, 0.1) is 13.2 Å². The average molecular weight is 425 g/mol. The van der Waals surface area contributed by atoms with Crippen molar-refractivity contribution in [3.8, 4) is 11.5 Å². The van der Waals surface area contributed by atoms with Gasteiger partial charge in [0.15, 0.2) is 6.10 Å². The van der Waals surface area contributed by atoms with Crippen LogP contribution in [0.4, 0.5) is 0 Å². The van der Waals surface area contributed by atoms with Crippen molar-refractivity contribution >= 4 is 39.5 Å². The van der Waals surface area contributed by atoms with Crippen molar-refractivity contribution < 1.29 is 23.4 Å². The number of furan rings is 1. The normalized spacial score (nSPS) is 12.1. The van der Waals surface area contributed by atoms with Crippen molar-refractivity contribution in [2.24, 2.45) is 0 Å². The molecule has 30 heavy (non-hydrogen) atoms. The fourth-order valence-electron chi connectivity index (χ4n) is 3.11. The molecule has 154 valence electrons. The Balaban J connectivity index is 1.29. The van der Waals surface area contributed by atoms with Gasteiger partial charge < -0.3 is 18.6 Å². The summed E-state index contributed by atoms with van der Waals surface area (Å²) in [4.78, 5) is 12.2. The molecule has 0 aliphatic carbocycles.